The zero-order chi connectivity index (χ0) is 13.2. The zero-order valence-electron chi connectivity index (χ0n) is 10.1. The van der Waals surface area contributed by atoms with Crippen LogP contribution in [-0.4, -0.2) is 27.8 Å². The minimum Gasteiger partial charge on any atom is -0.307 e. The van der Waals surface area contributed by atoms with E-state index in [0.717, 1.165) is 11.5 Å². The fraction of sp³-hybridized carbons (Fsp3) is 0.231. The second-order valence-corrected chi connectivity index (χ2v) is 5.07. The van der Waals surface area contributed by atoms with Gasteiger partial charge in [-0.1, -0.05) is 16.6 Å². The quantitative estimate of drug-likeness (QED) is 0.798. The van der Waals surface area contributed by atoms with Gasteiger partial charge in [0.15, 0.2) is 5.78 Å². The van der Waals surface area contributed by atoms with E-state index in [-0.39, 0.29) is 11.7 Å². The van der Waals surface area contributed by atoms with Gasteiger partial charge < -0.3 is 4.90 Å². The molecule has 1 aliphatic rings. The molecule has 5 nitrogen and oxygen atoms in total. The summed E-state index contributed by atoms with van der Waals surface area (Å²) in [5, 5.41) is 3.69. The van der Waals surface area contributed by atoms with Crippen molar-refractivity contribution in [3.05, 3.63) is 40.9 Å². The molecule has 3 rings (SSSR count). The third-order valence-electron chi connectivity index (χ3n) is 3.10. The van der Waals surface area contributed by atoms with Crippen molar-refractivity contribution in [2.75, 3.05) is 11.4 Å². The number of carbonyl (C=O) groups excluding carboxylic acids is 2. The highest BCUT2D eigenvalue weighted by molar-refractivity contribution is 7.07. The second kappa shape index (κ2) is 4.89. The Balaban J connectivity index is 2.04. The van der Waals surface area contributed by atoms with Crippen molar-refractivity contribution < 1.29 is 9.59 Å². The number of aromatic nitrogens is 2. The van der Waals surface area contributed by atoms with E-state index in [1.807, 2.05) is 18.2 Å². The highest BCUT2D eigenvalue weighted by atomic mass is 32.1. The van der Waals surface area contributed by atoms with Crippen LogP contribution in [0.5, 0.6) is 0 Å². The third kappa shape index (κ3) is 2.15. The van der Waals surface area contributed by atoms with Crippen LogP contribution >= 0.6 is 11.5 Å². The topological polar surface area (TPSA) is 63.2 Å². The molecule has 0 bridgehead atoms. The lowest BCUT2D eigenvalue weighted by atomic mass is 10.1. The molecule has 0 saturated carbocycles. The molecule has 0 saturated heterocycles. The molecule has 0 radical (unpaired) electrons. The van der Waals surface area contributed by atoms with E-state index in [0.29, 0.717) is 35.5 Å². The molecule has 6 heteroatoms. The predicted molar refractivity (Wildman–Crippen MR) is 71.6 cm³/mol. The Bertz CT molecular complexity index is 625. The molecular weight excluding hydrogens is 262 g/mol. The van der Waals surface area contributed by atoms with Crippen LogP contribution in [0.15, 0.2) is 30.5 Å². The maximum absolute atomic E-state index is 12.4. The molecule has 1 aromatic heterocycles. The lowest BCUT2D eigenvalue weighted by molar-refractivity contribution is 0.0975. The van der Waals surface area contributed by atoms with Crippen LogP contribution in [0.4, 0.5) is 5.69 Å². The molecule has 1 amide bonds. The van der Waals surface area contributed by atoms with Crippen molar-refractivity contribution in [3.63, 3.8) is 0 Å². The van der Waals surface area contributed by atoms with Crippen molar-refractivity contribution in [3.8, 4) is 0 Å². The van der Waals surface area contributed by atoms with Gasteiger partial charge in [-0.3, -0.25) is 9.59 Å². The molecule has 1 aliphatic heterocycles. The molecule has 96 valence electrons. The first-order chi connectivity index (χ1) is 9.27. The summed E-state index contributed by atoms with van der Waals surface area (Å²) in [6, 6.07) is 7.24. The Labute approximate surface area is 114 Å². The van der Waals surface area contributed by atoms with Crippen molar-refractivity contribution in [2.24, 2.45) is 0 Å². The number of hydrogen-bond donors (Lipinski definition) is 0. The number of Topliss-reactive ketones (excluding diaryl/α,β-unsaturated/α-hetero) is 1. The number of amides is 1. The predicted octanol–water partition coefficient (Wildman–Crippen LogP) is 2.16. The summed E-state index contributed by atoms with van der Waals surface area (Å²) >= 11 is 1.07. The van der Waals surface area contributed by atoms with Gasteiger partial charge in [0.1, 0.15) is 4.88 Å². The molecule has 2 aromatic rings. The van der Waals surface area contributed by atoms with E-state index < -0.39 is 0 Å². The van der Waals surface area contributed by atoms with Gasteiger partial charge in [0.2, 0.25) is 0 Å². The van der Waals surface area contributed by atoms with Gasteiger partial charge in [-0.15, -0.1) is 5.10 Å². The normalized spacial score (nSPS) is 14.9. The van der Waals surface area contributed by atoms with Crippen LogP contribution in [0.2, 0.25) is 0 Å². The SMILES string of the molecule is O=C1CCCN(C(=O)c2cnns2)c2ccccc21. The molecule has 0 spiro atoms. The van der Waals surface area contributed by atoms with E-state index in [4.69, 9.17) is 0 Å². The van der Waals surface area contributed by atoms with Gasteiger partial charge in [-0.25, -0.2) is 0 Å². The van der Waals surface area contributed by atoms with E-state index >= 15 is 0 Å². The summed E-state index contributed by atoms with van der Waals surface area (Å²) in [5.74, 6) is -0.0505. The van der Waals surface area contributed by atoms with Gasteiger partial charge in [-0.2, -0.15) is 0 Å². The van der Waals surface area contributed by atoms with Crippen LogP contribution < -0.4 is 4.90 Å². The fourth-order valence-corrected chi connectivity index (χ4v) is 2.67. The molecular formula is C13H11N3O2S. The molecule has 2 heterocycles. The largest absolute Gasteiger partial charge is 0.307 e. The van der Waals surface area contributed by atoms with Gasteiger partial charge in [0, 0.05) is 18.5 Å². The van der Waals surface area contributed by atoms with Crippen LogP contribution in [0, 0.1) is 0 Å². The smallest absolute Gasteiger partial charge is 0.271 e. The number of hydrogen-bond acceptors (Lipinski definition) is 5. The second-order valence-electron chi connectivity index (χ2n) is 4.28. The van der Waals surface area contributed by atoms with Gasteiger partial charge in [0.25, 0.3) is 5.91 Å². The van der Waals surface area contributed by atoms with Crippen molar-refractivity contribution in [1.82, 2.24) is 9.59 Å². The minimum absolute atomic E-state index is 0.0910. The number of rotatable bonds is 1. The van der Waals surface area contributed by atoms with E-state index in [2.05, 4.69) is 9.59 Å². The van der Waals surface area contributed by atoms with Crippen LogP contribution in [0.25, 0.3) is 0 Å². The molecule has 0 aliphatic carbocycles. The van der Waals surface area contributed by atoms with Crippen molar-refractivity contribution >= 4 is 28.9 Å². The Hall–Kier alpha value is -2.08. The summed E-state index contributed by atoms with van der Waals surface area (Å²) in [7, 11) is 0. The van der Waals surface area contributed by atoms with Crippen molar-refractivity contribution in [1.29, 1.82) is 0 Å². The highest BCUT2D eigenvalue weighted by Gasteiger charge is 2.26. The average molecular weight is 273 g/mol. The van der Waals surface area contributed by atoms with E-state index in [9.17, 15) is 9.59 Å². The van der Waals surface area contributed by atoms with Crippen molar-refractivity contribution in [2.45, 2.75) is 12.8 Å². The van der Waals surface area contributed by atoms with Gasteiger partial charge in [0.05, 0.1) is 11.9 Å². The maximum Gasteiger partial charge on any atom is 0.271 e. The maximum atomic E-state index is 12.4. The average Bonchev–Trinajstić information content (AvgIpc) is 2.91. The molecule has 0 unspecified atom stereocenters. The fourth-order valence-electron chi connectivity index (χ4n) is 2.20. The third-order valence-corrected chi connectivity index (χ3v) is 3.75. The minimum atomic E-state index is -0.142. The first-order valence-corrected chi connectivity index (χ1v) is 6.76. The number of fused-ring (bicyclic) bond motifs is 1. The lowest BCUT2D eigenvalue weighted by Crippen LogP contribution is -2.31. The molecule has 19 heavy (non-hydrogen) atoms. The summed E-state index contributed by atoms with van der Waals surface area (Å²) < 4.78 is 3.71. The molecule has 0 atom stereocenters. The first-order valence-electron chi connectivity index (χ1n) is 5.99. The monoisotopic (exact) mass is 273 g/mol. The summed E-state index contributed by atoms with van der Waals surface area (Å²) in [6.45, 7) is 0.541. The summed E-state index contributed by atoms with van der Waals surface area (Å²) in [6.07, 6.45) is 2.61. The summed E-state index contributed by atoms with van der Waals surface area (Å²) in [5.41, 5.74) is 1.30. The molecule has 0 fully saturated rings. The molecule has 0 N–H and O–H groups in total. The Morgan fingerprint density at radius 1 is 1.32 bits per heavy atom. The van der Waals surface area contributed by atoms with E-state index in [1.54, 1.807) is 11.0 Å². The van der Waals surface area contributed by atoms with Crippen LogP contribution in [-0.2, 0) is 0 Å². The van der Waals surface area contributed by atoms with E-state index in [1.165, 1.54) is 6.20 Å². The molecule has 1 aromatic carbocycles. The number of para-hydroxylation sites is 1. The Morgan fingerprint density at radius 3 is 2.95 bits per heavy atom. The highest BCUT2D eigenvalue weighted by Crippen LogP contribution is 2.27. The number of anilines is 1. The first kappa shape index (κ1) is 12.0. The Morgan fingerprint density at radius 2 is 2.16 bits per heavy atom. The van der Waals surface area contributed by atoms with Crippen LogP contribution in [0.3, 0.4) is 0 Å². The zero-order valence-corrected chi connectivity index (χ0v) is 10.9. The number of ketones is 1. The Kier molecular flexibility index (Phi) is 3.08. The standard InChI is InChI=1S/C13H11N3O2S/c17-11-6-3-7-16(10-5-2-1-4-9(10)11)13(18)12-8-14-15-19-12/h1-2,4-5,8H,3,6-7H2. The summed E-state index contributed by atoms with van der Waals surface area (Å²) in [4.78, 5) is 26.6. The van der Waals surface area contributed by atoms with Gasteiger partial charge in [-0.05, 0) is 30.1 Å². The van der Waals surface area contributed by atoms with Gasteiger partial charge >= 0.3 is 0 Å². The number of benzene rings is 1. The van der Waals surface area contributed by atoms with Crippen LogP contribution in [0.1, 0.15) is 32.9 Å². The lowest BCUT2D eigenvalue weighted by Gasteiger charge is -2.21. The number of nitrogens with zero attached hydrogens (tertiary/aromatic N) is 3. The number of carbonyl (C=O) groups is 2.